The van der Waals surface area contributed by atoms with Crippen molar-refractivity contribution in [1.29, 1.82) is 0 Å². The Morgan fingerprint density at radius 1 is 0.848 bits per heavy atom. The van der Waals surface area contributed by atoms with Crippen LogP contribution in [0.3, 0.4) is 0 Å². The molecule has 185 valence electrons. The third-order valence-electron chi connectivity index (χ3n) is 3.72. The van der Waals surface area contributed by atoms with E-state index in [9.17, 15) is 33.9 Å². The summed E-state index contributed by atoms with van der Waals surface area (Å²) in [6.07, 6.45) is -1.63. The molecule has 0 aliphatic rings. The van der Waals surface area contributed by atoms with Gasteiger partial charge in [-0.2, -0.15) is 0 Å². The summed E-state index contributed by atoms with van der Waals surface area (Å²) in [6.45, 7) is -1.17. The van der Waals surface area contributed by atoms with Gasteiger partial charge in [-0.25, -0.2) is 0 Å². The van der Waals surface area contributed by atoms with Gasteiger partial charge in [0, 0.05) is 37.2 Å². The molecule has 3 amide bonds. The molecule has 0 fully saturated rings. The molecule has 0 bridgehead atoms. The fraction of sp³-hybridized carbons (Fsp3) is 0.647. The topological polar surface area (TPSA) is 235 Å². The van der Waals surface area contributed by atoms with E-state index in [1.165, 1.54) is 7.05 Å². The van der Waals surface area contributed by atoms with Crippen molar-refractivity contribution in [1.82, 2.24) is 5.32 Å². The van der Waals surface area contributed by atoms with Gasteiger partial charge in [0.05, 0.1) is 6.54 Å². The maximum absolute atomic E-state index is 12.3. The van der Waals surface area contributed by atoms with Crippen LogP contribution >= 0.6 is 0 Å². The van der Waals surface area contributed by atoms with Gasteiger partial charge < -0.3 is 63.6 Å². The fourth-order valence-electron chi connectivity index (χ4n) is 2.22. The molecule has 0 spiro atoms. The van der Waals surface area contributed by atoms with E-state index < -0.39 is 78.8 Å². The first-order valence-electron chi connectivity index (χ1n) is 9.24. The second kappa shape index (κ2) is 19.2. The summed E-state index contributed by atoms with van der Waals surface area (Å²) < 4.78 is 8.22. The van der Waals surface area contributed by atoms with E-state index in [0.29, 0.717) is 0 Å². The summed E-state index contributed by atoms with van der Waals surface area (Å²) >= 11 is 5.41. The summed E-state index contributed by atoms with van der Waals surface area (Å²) in [5.41, 5.74) is 0. The Bertz CT molecular complexity index is 697. The van der Waals surface area contributed by atoms with Gasteiger partial charge in [-0.3, -0.25) is 14.4 Å². The number of nitrogens with zero attached hydrogens (tertiary/aromatic N) is 3. The molecule has 0 heterocycles. The van der Waals surface area contributed by atoms with Crippen molar-refractivity contribution in [2.24, 2.45) is 0 Å². The molecular formula is C17H24N4O10STc. The first-order valence-corrected chi connectivity index (χ1v) is 10.6. The van der Waals surface area contributed by atoms with Gasteiger partial charge >= 0.3 is 34.3 Å². The van der Waals surface area contributed by atoms with Crippen LogP contribution < -0.4 is 5.32 Å². The molecule has 0 aromatic rings. The van der Waals surface area contributed by atoms with Gasteiger partial charge in [0.2, 0.25) is 0 Å². The van der Waals surface area contributed by atoms with Crippen LogP contribution in [0.1, 0.15) is 25.7 Å². The first-order chi connectivity index (χ1) is 15.5. The quantitative estimate of drug-likeness (QED) is 0.158. The predicted octanol–water partition coefficient (Wildman–Crippen LogP) is -1.27. The number of Topliss-reactive ketones (excluding diaryl/α,β-unsaturated/α-hetero) is 1. The molecule has 0 aliphatic heterocycles. The fourth-order valence-corrected chi connectivity index (χ4v) is 2.29. The molecule has 0 saturated carbocycles. The number of hydrogen-bond acceptors (Lipinski definition) is 10. The van der Waals surface area contributed by atoms with Crippen molar-refractivity contribution in [3.05, 3.63) is 16.0 Å². The average molecular weight is 574 g/mol. The van der Waals surface area contributed by atoms with Crippen molar-refractivity contribution in [3.63, 3.8) is 0 Å². The molecule has 16 heteroatoms. The van der Waals surface area contributed by atoms with Gasteiger partial charge in [-0.15, -0.1) is 5.75 Å². The van der Waals surface area contributed by atoms with Gasteiger partial charge in [0.25, 0.3) is 0 Å². The molecule has 0 aromatic heterocycles. The van der Waals surface area contributed by atoms with E-state index in [4.69, 9.17) is 13.7 Å². The van der Waals surface area contributed by atoms with Gasteiger partial charge in [-0.1, -0.05) is 18.5 Å². The van der Waals surface area contributed by atoms with E-state index in [0.717, 1.165) is 18.9 Å². The number of aliphatic hydroxyl groups excluding tert-OH is 1. The number of hydrogen-bond donors (Lipinski definition) is 4. The number of likely N-dealkylation sites (N-methyl/N-ethyl adjacent to an activating group) is 1. The zero-order valence-corrected chi connectivity index (χ0v) is 20.2. The molecule has 0 aromatic carbocycles. The molecule has 3 atom stereocenters. The monoisotopic (exact) mass is 573 g/mol. The van der Waals surface area contributed by atoms with E-state index in [1.54, 1.807) is 0 Å². The van der Waals surface area contributed by atoms with Crippen LogP contribution in [0, 0.1) is 0 Å². The summed E-state index contributed by atoms with van der Waals surface area (Å²) in [7, 11) is 1.46. The number of amides is 3. The Morgan fingerprint density at radius 2 is 1.30 bits per heavy atom. The maximum atomic E-state index is 12.3. The molecule has 3 unspecified atom stereocenters. The Kier molecular flexibility index (Phi) is 19.2. The van der Waals surface area contributed by atoms with Crippen molar-refractivity contribution < 1.29 is 66.4 Å². The minimum absolute atomic E-state index is 0.194. The SMILES string of the molecule is CNCC(=O)C(CCC(=O)O)[N-]C(=O)C(CO)[N-]C(=O)C(CCC(=O)O)[N-]C(=O)C[S-].[O]=[Tc+4]. The molecule has 0 rings (SSSR count). The van der Waals surface area contributed by atoms with E-state index in [1.807, 2.05) is 0 Å². The van der Waals surface area contributed by atoms with Crippen LogP contribution in [-0.2, 0) is 63.8 Å². The van der Waals surface area contributed by atoms with E-state index in [-0.39, 0.29) is 19.4 Å². The Hall–Kier alpha value is -2.26. The van der Waals surface area contributed by atoms with Crippen molar-refractivity contribution in [3.8, 4) is 0 Å². The van der Waals surface area contributed by atoms with Crippen LogP contribution in [0.25, 0.3) is 16.0 Å². The van der Waals surface area contributed by atoms with Crippen LogP contribution in [-0.4, -0.2) is 94.8 Å². The molecule has 0 saturated heterocycles. The van der Waals surface area contributed by atoms with Crippen LogP contribution in [0.2, 0.25) is 0 Å². The number of carbonyl (C=O) groups excluding carboxylic acids is 4. The summed E-state index contributed by atoms with van der Waals surface area (Å²) in [6, 6.07) is -4.57. The van der Waals surface area contributed by atoms with Crippen molar-refractivity contribution in [2.45, 2.75) is 43.8 Å². The van der Waals surface area contributed by atoms with Gasteiger partial charge in [0.1, 0.15) is 5.78 Å². The Balaban J connectivity index is 0. The third-order valence-corrected chi connectivity index (χ3v) is 3.97. The third kappa shape index (κ3) is 15.2. The standard InChI is InChI=1S/C17H28N4O9S.O.Tc/c1-18-6-12(23)9(2-4-14(25)26)20-17(30)11(7-22)21-16(29)10(3-5-15(27)28)19-13(24)8-31;;/h9-11,18,22H,2-8H2,1H3,(H6,19,20,21,24,25,26,27,28,29,30,31);;/q;;+4/p-4. The normalized spacial score (nSPS) is 12.8. The van der Waals surface area contributed by atoms with Crippen molar-refractivity contribution >= 4 is 48.1 Å². The average Bonchev–Trinajstić information content (AvgIpc) is 2.78. The Labute approximate surface area is 205 Å². The number of carboxylic acid groups (broad SMARTS) is 2. The number of carboxylic acids is 2. The first kappa shape index (κ1) is 32.9. The molecule has 4 N–H and O–H groups in total. The summed E-state index contributed by atoms with van der Waals surface area (Å²) in [5.74, 6) is -6.63. The number of rotatable bonds is 16. The number of carbonyl (C=O) groups is 6. The number of ketones is 1. The van der Waals surface area contributed by atoms with Crippen LogP contribution in [0.15, 0.2) is 0 Å². The van der Waals surface area contributed by atoms with Crippen LogP contribution in [0.4, 0.5) is 0 Å². The van der Waals surface area contributed by atoms with E-state index >= 15 is 0 Å². The molecule has 33 heavy (non-hydrogen) atoms. The summed E-state index contributed by atoms with van der Waals surface area (Å²) in [4.78, 5) is 69.6. The van der Waals surface area contributed by atoms with Crippen LogP contribution in [0.5, 0.6) is 0 Å². The molecule has 14 nitrogen and oxygen atoms in total. The molecule has 0 radical (unpaired) electrons. The Morgan fingerprint density at radius 3 is 1.73 bits per heavy atom. The second-order valence-electron chi connectivity index (χ2n) is 6.19. The summed E-state index contributed by atoms with van der Waals surface area (Å²) in [5, 5.41) is 40.0. The number of nitrogens with one attached hydrogen (secondary N) is 1. The molecule has 0 aliphatic carbocycles. The van der Waals surface area contributed by atoms with Gasteiger partial charge in [-0.05, 0) is 19.5 Å². The van der Waals surface area contributed by atoms with E-state index in [2.05, 4.69) is 33.9 Å². The second-order valence-corrected chi connectivity index (χ2v) is 6.48. The molecular weight excluding hydrogens is 550 g/mol. The number of aliphatic carboxylic acids is 2. The number of aliphatic hydroxyl groups is 1. The zero-order chi connectivity index (χ0) is 26.0. The zero-order valence-electron chi connectivity index (χ0n) is 17.5. The minimum atomic E-state index is -1.73. The van der Waals surface area contributed by atoms with Crippen molar-refractivity contribution in [2.75, 3.05) is 26.0 Å². The van der Waals surface area contributed by atoms with Gasteiger partial charge in [0.15, 0.2) is 0 Å². The predicted molar refractivity (Wildman–Crippen MR) is 109 cm³/mol.